The van der Waals surface area contributed by atoms with Crippen molar-refractivity contribution < 1.29 is 18.9 Å². The standard InChI is InChI=1S/C23H37N3O4.HI/c1-4-24-22(25-10-5-11-28-15-18(2)3)26-16-23(8-12-27-13-9-23)19-6-7-20-21(14-19)30-17-29-20;/h6-7,14,18H,4-5,8-13,15-17H2,1-3H3,(H2,24,25,26);1H. The van der Waals surface area contributed by atoms with E-state index in [-0.39, 0.29) is 29.4 Å². The van der Waals surface area contributed by atoms with Crippen LogP contribution in [-0.2, 0) is 14.9 Å². The first-order valence-electron chi connectivity index (χ1n) is 11.2. The third-order valence-electron chi connectivity index (χ3n) is 5.53. The van der Waals surface area contributed by atoms with Crippen LogP contribution in [0, 0.1) is 5.92 Å². The molecular formula is C23H38IN3O4. The summed E-state index contributed by atoms with van der Waals surface area (Å²) in [6.07, 6.45) is 2.84. The highest BCUT2D eigenvalue weighted by molar-refractivity contribution is 14.0. The number of hydrogen-bond donors (Lipinski definition) is 2. The second kappa shape index (κ2) is 13.3. The van der Waals surface area contributed by atoms with Crippen molar-refractivity contribution in [3.05, 3.63) is 23.8 Å². The Morgan fingerprint density at radius 3 is 2.68 bits per heavy atom. The third-order valence-corrected chi connectivity index (χ3v) is 5.53. The van der Waals surface area contributed by atoms with Gasteiger partial charge in [-0.15, -0.1) is 24.0 Å². The number of ether oxygens (including phenoxy) is 4. The molecule has 1 aromatic carbocycles. The lowest BCUT2D eigenvalue weighted by Crippen LogP contribution is -2.41. The Kier molecular flexibility index (Phi) is 11.2. The molecule has 1 saturated heterocycles. The molecule has 0 atom stereocenters. The van der Waals surface area contributed by atoms with Gasteiger partial charge in [0.05, 0.1) is 6.54 Å². The smallest absolute Gasteiger partial charge is 0.231 e. The van der Waals surface area contributed by atoms with Gasteiger partial charge < -0.3 is 29.6 Å². The second-order valence-corrected chi connectivity index (χ2v) is 8.40. The summed E-state index contributed by atoms with van der Waals surface area (Å²) in [6.45, 7) is 12.2. The van der Waals surface area contributed by atoms with Crippen LogP contribution in [-0.4, -0.2) is 58.8 Å². The predicted molar refractivity (Wildman–Crippen MR) is 134 cm³/mol. The van der Waals surface area contributed by atoms with Crippen LogP contribution in [0.1, 0.15) is 45.6 Å². The van der Waals surface area contributed by atoms with Crippen molar-refractivity contribution in [3.63, 3.8) is 0 Å². The van der Waals surface area contributed by atoms with Crippen LogP contribution < -0.4 is 20.1 Å². The van der Waals surface area contributed by atoms with Gasteiger partial charge in [-0.1, -0.05) is 19.9 Å². The number of benzene rings is 1. The molecule has 0 amide bonds. The zero-order chi connectivity index (χ0) is 21.2. The average Bonchev–Trinajstić information content (AvgIpc) is 3.23. The molecule has 0 saturated carbocycles. The van der Waals surface area contributed by atoms with Gasteiger partial charge in [0.1, 0.15) is 0 Å². The van der Waals surface area contributed by atoms with E-state index in [1.807, 2.05) is 6.07 Å². The molecule has 31 heavy (non-hydrogen) atoms. The number of aliphatic imine (C=N–C) groups is 1. The molecular weight excluding hydrogens is 509 g/mol. The normalized spacial score (nSPS) is 17.4. The van der Waals surface area contributed by atoms with E-state index in [0.29, 0.717) is 19.3 Å². The van der Waals surface area contributed by atoms with Gasteiger partial charge >= 0.3 is 0 Å². The highest BCUT2D eigenvalue weighted by Gasteiger charge is 2.35. The van der Waals surface area contributed by atoms with Crippen LogP contribution in [0.4, 0.5) is 0 Å². The van der Waals surface area contributed by atoms with Crippen molar-refractivity contribution in [1.82, 2.24) is 10.6 Å². The first-order chi connectivity index (χ1) is 14.6. The molecule has 3 rings (SSSR count). The van der Waals surface area contributed by atoms with Crippen LogP contribution in [0.25, 0.3) is 0 Å². The predicted octanol–water partition coefficient (Wildman–Crippen LogP) is 3.70. The fraction of sp³-hybridized carbons (Fsp3) is 0.696. The van der Waals surface area contributed by atoms with Crippen molar-refractivity contribution in [2.45, 2.75) is 45.4 Å². The van der Waals surface area contributed by atoms with Crippen molar-refractivity contribution in [3.8, 4) is 11.5 Å². The van der Waals surface area contributed by atoms with Gasteiger partial charge in [0.25, 0.3) is 0 Å². The minimum absolute atomic E-state index is 0. The monoisotopic (exact) mass is 547 g/mol. The molecule has 0 spiro atoms. The quantitative estimate of drug-likeness (QED) is 0.202. The summed E-state index contributed by atoms with van der Waals surface area (Å²) >= 11 is 0. The Balaban J connectivity index is 0.00000341. The van der Waals surface area contributed by atoms with Gasteiger partial charge in [-0.05, 0) is 49.8 Å². The Bertz CT molecular complexity index is 693. The molecule has 2 N–H and O–H groups in total. The number of halogens is 1. The zero-order valence-corrected chi connectivity index (χ0v) is 21.4. The second-order valence-electron chi connectivity index (χ2n) is 8.40. The van der Waals surface area contributed by atoms with Gasteiger partial charge in [-0.25, -0.2) is 0 Å². The van der Waals surface area contributed by atoms with Crippen LogP contribution in [0.2, 0.25) is 0 Å². The Labute approximate surface area is 203 Å². The van der Waals surface area contributed by atoms with Gasteiger partial charge in [-0.2, -0.15) is 0 Å². The number of guanidine groups is 1. The molecule has 0 radical (unpaired) electrons. The maximum absolute atomic E-state index is 5.67. The lowest BCUT2D eigenvalue weighted by atomic mass is 9.74. The topological polar surface area (TPSA) is 73.3 Å². The highest BCUT2D eigenvalue weighted by atomic mass is 127. The van der Waals surface area contributed by atoms with Gasteiger partial charge in [0.15, 0.2) is 17.5 Å². The van der Waals surface area contributed by atoms with E-state index < -0.39 is 0 Å². The molecule has 0 aliphatic carbocycles. The lowest BCUT2D eigenvalue weighted by molar-refractivity contribution is 0.0530. The summed E-state index contributed by atoms with van der Waals surface area (Å²) in [7, 11) is 0. The van der Waals surface area contributed by atoms with E-state index in [9.17, 15) is 0 Å². The summed E-state index contributed by atoms with van der Waals surface area (Å²) in [4.78, 5) is 4.95. The number of nitrogens with one attached hydrogen (secondary N) is 2. The van der Waals surface area contributed by atoms with Crippen LogP contribution >= 0.6 is 24.0 Å². The number of rotatable bonds is 10. The van der Waals surface area contributed by atoms with E-state index in [0.717, 1.165) is 76.2 Å². The molecule has 1 fully saturated rings. The Morgan fingerprint density at radius 1 is 1.16 bits per heavy atom. The molecule has 0 aromatic heterocycles. The van der Waals surface area contributed by atoms with Crippen LogP contribution in [0.5, 0.6) is 11.5 Å². The molecule has 2 aliphatic heterocycles. The first-order valence-corrected chi connectivity index (χ1v) is 11.2. The number of hydrogen-bond acceptors (Lipinski definition) is 5. The van der Waals surface area contributed by atoms with Crippen molar-refractivity contribution in [2.75, 3.05) is 52.9 Å². The molecule has 2 heterocycles. The summed E-state index contributed by atoms with van der Waals surface area (Å²) < 4.78 is 22.4. The average molecular weight is 547 g/mol. The summed E-state index contributed by atoms with van der Waals surface area (Å²) in [6, 6.07) is 6.29. The maximum Gasteiger partial charge on any atom is 0.231 e. The van der Waals surface area contributed by atoms with Crippen LogP contribution in [0.3, 0.4) is 0 Å². The summed E-state index contributed by atoms with van der Waals surface area (Å²) in [5, 5.41) is 6.81. The number of fused-ring (bicyclic) bond motifs is 1. The fourth-order valence-electron chi connectivity index (χ4n) is 3.80. The van der Waals surface area contributed by atoms with E-state index >= 15 is 0 Å². The molecule has 2 aliphatic rings. The van der Waals surface area contributed by atoms with Gasteiger partial charge in [0.2, 0.25) is 6.79 Å². The summed E-state index contributed by atoms with van der Waals surface area (Å²) in [5.74, 6) is 3.07. The van der Waals surface area contributed by atoms with E-state index in [1.165, 1.54) is 5.56 Å². The van der Waals surface area contributed by atoms with Crippen LogP contribution in [0.15, 0.2) is 23.2 Å². The molecule has 176 valence electrons. The minimum atomic E-state index is -0.0536. The van der Waals surface area contributed by atoms with E-state index in [4.69, 9.17) is 23.9 Å². The summed E-state index contributed by atoms with van der Waals surface area (Å²) in [5.41, 5.74) is 1.19. The Hall–Kier alpha value is -1.26. The molecule has 1 aromatic rings. The van der Waals surface area contributed by atoms with Crippen molar-refractivity contribution >= 4 is 29.9 Å². The first kappa shape index (κ1) is 26.0. The molecule has 0 bridgehead atoms. The van der Waals surface area contributed by atoms with E-state index in [1.54, 1.807) is 0 Å². The van der Waals surface area contributed by atoms with Crippen molar-refractivity contribution in [2.24, 2.45) is 10.9 Å². The third kappa shape index (κ3) is 7.68. The maximum atomic E-state index is 5.67. The fourth-order valence-corrected chi connectivity index (χ4v) is 3.80. The minimum Gasteiger partial charge on any atom is -0.454 e. The van der Waals surface area contributed by atoms with Crippen molar-refractivity contribution in [1.29, 1.82) is 0 Å². The molecule has 0 unspecified atom stereocenters. The molecule has 7 nitrogen and oxygen atoms in total. The Morgan fingerprint density at radius 2 is 1.94 bits per heavy atom. The lowest BCUT2D eigenvalue weighted by Gasteiger charge is -2.36. The zero-order valence-electron chi connectivity index (χ0n) is 19.1. The number of nitrogens with zero attached hydrogens (tertiary/aromatic N) is 1. The largest absolute Gasteiger partial charge is 0.454 e. The van der Waals surface area contributed by atoms with Gasteiger partial charge in [-0.3, -0.25) is 4.99 Å². The SMILES string of the molecule is CCNC(=NCC1(c2ccc3c(c2)OCO3)CCOCC1)NCCCOCC(C)C.I. The highest BCUT2D eigenvalue weighted by Crippen LogP contribution is 2.41. The van der Waals surface area contributed by atoms with Gasteiger partial charge in [0, 0.05) is 44.9 Å². The molecule has 8 heteroatoms. The van der Waals surface area contributed by atoms with E-state index in [2.05, 4.69) is 43.5 Å².